The molecule has 3 N–H and O–H groups in total. The zero-order valence-corrected chi connectivity index (χ0v) is 18.1. The molecule has 0 saturated heterocycles. The molecule has 0 unspecified atom stereocenters. The molecule has 0 atom stereocenters. The summed E-state index contributed by atoms with van der Waals surface area (Å²) in [4.78, 5) is 44.4. The first-order valence-corrected chi connectivity index (χ1v) is 10.6. The lowest BCUT2D eigenvalue weighted by molar-refractivity contribution is -0.116. The van der Waals surface area contributed by atoms with E-state index >= 15 is 0 Å². The zero-order valence-electron chi connectivity index (χ0n) is 18.1. The molecular formula is C22H29N5O4. The minimum atomic E-state index is -0.465. The predicted molar refractivity (Wildman–Crippen MR) is 119 cm³/mol. The van der Waals surface area contributed by atoms with Crippen molar-refractivity contribution in [2.75, 3.05) is 5.32 Å². The Hall–Kier alpha value is -3.36. The number of aromatic nitrogens is 4. The van der Waals surface area contributed by atoms with Gasteiger partial charge in [-0.25, -0.2) is 9.78 Å². The van der Waals surface area contributed by atoms with E-state index in [0.29, 0.717) is 42.2 Å². The minimum absolute atomic E-state index is 0.0702. The summed E-state index contributed by atoms with van der Waals surface area (Å²) in [5.74, 6) is 0.677. The number of aryl methyl sites for hydroxylation is 2. The fourth-order valence-electron chi connectivity index (χ4n) is 3.53. The summed E-state index contributed by atoms with van der Waals surface area (Å²) in [7, 11) is 0. The summed E-state index contributed by atoms with van der Waals surface area (Å²) in [6.07, 6.45) is 2.16. The molecule has 0 fully saturated rings. The third kappa shape index (κ3) is 5.22. The maximum absolute atomic E-state index is 12.6. The van der Waals surface area contributed by atoms with Gasteiger partial charge in [-0.05, 0) is 24.5 Å². The van der Waals surface area contributed by atoms with Crippen molar-refractivity contribution < 1.29 is 9.90 Å². The molecule has 1 amide bonds. The number of nitrogens with one attached hydrogen (secondary N) is 2. The summed E-state index contributed by atoms with van der Waals surface area (Å²) in [5.41, 5.74) is 0.314. The molecule has 9 nitrogen and oxygen atoms in total. The van der Waals surface area contributed by atoms with Crippen LogP contribution in [0.1, 0.15) is 45.9 Å². The van der Waals surface area contributed by atoms with Crippen LogP contribution in [-0.2, 0) is 24.3 Å². The number of nitrogens with zero attached hydrogens (tertiary/aromatic N) is 3. The second-order valence-electron chi connectivity index (χ2n) is 8.07. The largest absolute Gasteiger partial charge is 0.508 e. The van der Waals surface area contributed by atoms with Crippen LogP contribution in [0.3, 0.4) is 0 Å². The van der Waals surface area contributed by atoms with E-state index in [1.807, 2.05) is 25.3 Å². The number of benzene rings is 1. The molecule has 0 radical (unpaired) electrons. The number of fused-ring (bicyclic) bond motifs is 1. The number of phenolic OH excluding ortho intramolecular Hbond substituents is 1. The third-order valence-corrected chi connectivity index (χ3v) is 4.95. The van der Waals surface area contributed by atoms with Gasteiger partial charge in [0, 0.05) is 37.7 Å². The van der Waals surface area contributed by atoms with Crippen LogP contribution >= 0.6 is 0 Å². The number of carbonyl (C=O) groups is 1. The topological polar surface area (TPSA) is 122 Å². The van der Waals surface area contributed by atoms with Crippen molar-refractivity contribution in [3.63, 3.8) is 0 Å². The number of aromatic hydroxyl groups is 1. The van der Waals surface area contributed by atoms with Crippen LogP contribution in [0.25, 0.3) is 11.2 Å². The first kappa shape index (κ1) is 22.3. The maximum Gasteiger partial charge on any atom is 0.330 e. The summed E-state index contributed by atoms with van der Waals surface area (Å²) in [6.45, 7) is 7.12. The quantitative estimate of drug-likeness (QED) is 0.485. The average molecular weight is 428 g/mol. The van der Waals surface area contributed by atoms with E-state index in [-0.39, 0.29) is 24.0 Å². The molecule has 3 aromatic rings. The molecule has 166 valence electrons. The molecule has 0 saturated carbocycles. The lowest BCUT2D eigenvalue weighted by Crippen LogP contribution is -2.31. The number of H-pyrrole nitrogens is 1. The first-order chi connectivity index (χ1) is 14.8. The normalized spacial score (nSPS) is 11.4. The van der Waals surface area contributed by atoms with Gasteiger partial charge in [-0.1, -0.05) is 33.3 Å². The van der Waals surface area contributed by atoms with Crippen LogP contribution in [0.15, 0.2) is 33.9 Å². The predicted octanol–water partition coefficient (Wildman–Crippen LogP) is 2.62. The number of unbranched alkanes of at least 4 members (excludes halogenated alkanes) is 1. The zero-order chi connectivity index (χ0) is 22.5. The van der Waals surface area contributed by atoms with E-state index in [9.17, 15) is 19.5 Å². The van der Waals surface area contributed by atoms with Crippen LogP contribution in [0.4, 0.5) is 5.69 Å². The Labute approximate surface area is 179 Å². The highest BCUT2D eigenvalue weighted by Crippen LogP contribution is 2.18. The number of aromatic amines is 1. The standard InChI is InChI=1S/C22H29N5O4/c1-4-5-11-26-20-19(21(30)25-22(26)31)27(13-14(2)3)17(24-20)9-10-18(29)23-15-7-6-8-16(28)12-15/h6-8,12,14,28H,4-5,9-11,13H2,1-3H3,(H,23,29)(H,25,30,31). The highest BCUT2D eigenvalue weighted by Gasteiger charge is 2.19. The first-order valence-electron chi connectivity index (χ1n) is 10.6. The Kier molecular flexibility index (Phi) is 6.94. The van der Waals surface area contributed by atoms with E-state index in [0.717, 1.165) is 12.8 Å². The fourth-order valence-corrected chi connectivity index (χ4v) is 3.53. The number of anilines is 1. The Balaban J connectivity index is 1.93. The monoisotopic (exact) mass is 427 g/mol. The Morgan fingerprint density at radius 3 is 2.71 bits per heavy atom. The van der Waals surface area contributed by atoms with Crippen molar-refractivity contribution in [2.24, 2.45) is 5.92 Å². The Morgan fingerprint density at radius 1 is 1.26 bits per heavy atom. The lowest BCUT2D eigenvalue weighted by atomic mass is 10.2. The molecular weight excluding hydrogens is 398 g/mol. The van der Waals surface area contributed by atoms with Crippen LogP contribution in [0.2, 0.25) is 0 Å². The average Bonchev–Trinajstić information content (AvgIpc) is 3.04. The van der Waals surface area contributed by atoms with E-state index in [1.165, 1.54) is 16.7 Å². The Morgan fingerprint density at radius 2 is 2.03 bits per heavy atom. The summed E-state index contributed by atoms with van der Waals surface area (Å²) < 4.78 is 3.33. The van der Waals surface area contributed by atoms with Crippen LogP contribution in [0, 0.1) is 5.92 Å². The van der Waals surface area contributed by atoms with E-state index in [1.54, 1.807) is 12.1 Å². The SMILES string of the molecule is CCCCn1c(=O)[nH]c(=O)c2c1nc(CCC(=O)Nc1cccc(O)c1)n2CC(C)C. The molecule has 0 aliphatic rings. The van der Waals surface area contributed by atoms with Crippen LogP contribution in [-0.4, -0.2) is 30.1 Å². The lowest BCUT2D eigenvalue weighted by Gasteiger charge is -2.11. The molecule has 2 aromatic heterocycles. The fraction of sp³-hybridized carbons (Fsp3) is 0.455. The molecule has 2 heterocycles. The number of imidazole rings is 1. The number of rotatable bonds is 9. The van der Waals surface area contributed by atoms with Gasteiger partial charge in [-0.15, -0.1) is 0 Å². The molecule has 3 rings (SSSR count). The van der Waals surface area contributed by atoms with Gasteiger partial charge in [-0.2, -0.15) is 0 Å². The molecule has 0 spiro atoms. The van der Waals surface area contributed by atoms with Gasteiger partial charge in [0.15, 0.2) is 11.2 Å². The maximum atomic E-state index is 12.6. The smallest absolute Gasteiger partial charge is 0.330 e. The second kappa shape index (κ2) is 9.63. The van der Waals surface area contributed by atoms with Crippen molar-refractivity contribution in [1.29, 1.82) is 0 Å². The van der Waals surface area contributed by atoms with Gasteiger partial charge in [0.1, 0.15) is 11.6 Å². The number of hydrogen-bond acceptors (Lipinski definition) is 5. The third-order valence-electron chi connectivity index (χ3n) is 4.95. The second-order valence-corrected chi connectivity index (χ2v) is 8.07. The van der Waals surface area contributed by atoms with Gasteiger partial charge in [0.05, 0.1) is 0 Å². The molecule has 0 bridgehead atoms. The van der Waals surface area contributed by atoms with Gasteiger partial charge in [-0.3, -0.25) is 19.1 Å². The van der Waals surface area contributed by atoms with Gasteiger partial charge < -0.3 is 15.0 Å². The number of amides is 1. The number of hydrogen-bond donors (Lipinski definition) is 3. The van der Waals surface area contributed by atoms with Crippen LogP contribution in [0.5, 0.6) is 5.75 Å². The number of carbonyl (C=O) groups excluding carboxylic acids is 1. The minimum Gasteiger partial charge on any atom is -0.508 e. The molecule has 1 aromatic carbocycles. The molecule has 9 heteroatoms. The van der Waals surface area contributed by atoms with E-state index in [4.69, 9.17) is 0 Å². The van der Waals surface area contributed by atoms with Crippen molar-refractivity contribution in [1.82, 2.24) is 19.1 Å². The van der Waals surface area contributed by atoms with Gasteiger partial charge >= 0.3 is 5.69 Å². The highest BCUT2D eigenvalue weighted by atomic mass is 16.3. The summed E-state index contributed by atoms with van der Waals surface area (Å²) in [6, 6.07) is 6.34. The number of phenols is 1. The molecule has 0 aliphatic carbocycles. The Bertz CT molecular complexity index is 1190. The van der Waals surface area contributed by atoms with E-state index < -0.39 is 11.2 Å². The highest BCUT2D eigenvalue weighted by molar-refractivity contribution is 5.91. The molecule has 31 heavy (non-hydrogen) atoms. The summed E-state index contributed by atoms with van der Waals surface area (Å²) in [5, 5.41) is 12.3. The van der Waals surface area contributed by atoms with Gasteiger partial charge in [0.25, 0.3) is 5.56 Å². The van der Waals surface area contributed by atoms with Gasteiger partial charge in [0.2, 0.25) is 5.91 Å². The van der Waals surface area contributed by atoms with Crippen molar-refractivity contribution in [3.05, 3.63) is 50.9 Å². The van der Waals surface area contributed by atoms with E-state index in [2.05, 4.69) is 15.3 Å². The summed E-state index contributed by atoms with van der Waals surface area (Å²) >= 11 is 0. The van der Waals surface area contributed by atoms with Crippen molar-refractivity contribution in [2.45, 2.75) is 59.5 Å². The van der Waals surface area contributed by atoms with Crippen molar-refractivity contribution in [3.8, 4) is 5.75 Å². The molecule has 0 aliphatic heterocycles. The van der Waals surface area contributed by atoms with Crippen molar-refractivity contribution >= 4 is 22.8 Å². The van der Waals surface area contributed by atoms with Crippen LogP contribution < -0.4 is 16.6 Å².